The highest BCUT2D eigenvalue weighted by Gasteiger charge is 2.35. The summed E-state index contributed by atoms with van der Waals surface area (Å²) in [5.41, 5.74) is 3.75. The van der Waals surface area contributed by atoms with Crippen molar-refractivity contribution < 1.29 is 14.3 Å². The van der Waals surface area contributed by atoms with Crippen molar-refractivity contribution in [2.24, 2.45) is 0 Å². The van der Waals surface area contributed by atoms with Crippen LogP contribution in [-0.2, 0) is 4.79 Å². The van der Waals surface area contributed by atoms with E-state index in [0.717, 1.165) is 34.0 Å². The van der Waals surface area contributed by atoms with Crippen LogP contribution in [0.1, 0.15) is 29.0 Å². The van der Waals surface area contributed by atoms with Crippen LogP contribution in [0, 0.1) is 6.92 Å². The number of nitrogens with one attached hydrogen (secondary N) is 1. The minimum atomic E-state index is -0.221. The molecule has 2 heterocycles. The number of hydrogen-bond donors (Lipinski definition) is 1. The van der Waals surface area contributed by atoms with Crippen molar-refractivity contribution in [3.05, 3.63) is 65.4 Å². The summed E-state index contributed by atoms with van der Waals surface area (Å²) in [6, 6.07) is 15.6. The van der Waals surface area contributed by atoms with Crippen LogP contribution in [0.2, 0.25) is 0 Å². The number of thioether (sulfide) groups is 1. The predicted octanol–water partition coefficient (Wildman–Crippen LogP) is 4.36. The number of rotatable bonds is 4. The molecule has 1 aromatic heterocycles. The lowest BCUT2D eigenvalue weighted by molar-refractivity contribution is -0.115. The van der Waals surface area contributed by atoms with E-state index in [1.165, 1.54) is 0 Å². The van der Waals surface area contributed by atoms with Crippen LogP contribution in [0.3, 0.4) is 0 Å². The largest absolute Gasteiger partial charge is 0.497 e. The summed E-state index contributed by atoms with van der Waals surface area (Å²) in [6.07, 6.45) is 0. The summed E-state index contributed by atoms with van der Waals surface area (Å²) in [7, 11) is 3.30. The first-order valence-corrected chi connectivity index (χ1v) is 10.3. The minimum Gasteiger partial charge on any atom is -0.497 e. The maximum atomic E-state index is 12.8. The lowest BCUT2D eigenvalue weighted by Gasteiger charge is -2.19. The second-order valence-corrected chi connectivity index (χ2v) is 8.30. The fraction of sp³-hybridized carbons (Fsp3) is 0.273. The zero-order valence-corrected chi connectivity index (χ0v) is 17.6. The molecule has 4 rings (SSSR count). The molecule has 7 heteroatoms. The zero-order valence-electron chi connectivity index (χ0n) is 16.8. The summed E-state index contributed by atoms with van der Waals surface area (Å²) in [4.78, 5) is 12.8. The molecule has 1 aliphatic rings. The molecule has 0 bridgehead atoms. The summed E-state index contributed by atoms with van der Waals surface area (Å²) in [6.45, 7) is 3.90. The second kappa shape index (κ2) is 7.83. The van der Waals surface area contributed by atoms with E-state index in [9.17, 15) is 4.79 Å². The van der Waals surface area contributed by atoms with E-state index in [-0.39, 0.29) is 16.4 Å². The topological polar surface area (TPSA) is 65.4 Å². The van der Waals surface area contributed by atoms with Crippen molar-refractivity contribution >= 4 is 23.5 Å². The van der Waals surface area contributed by atoms with Crippen molar-refractivity contribution in [2.75, 3.05) is 19.5 Å². The van der Waals surface area contributed by atoms with Gasteiger partial charge in [0.2, 0.25) is 5.91 Å². The predicted molar refractivity (Wildman–Crippen MR) is 115 cm³/mol. The Morgan fingerprint density at radius 1 is 1.07 bits per heavy atom. The molecule has 1 amide bonds. The van der Waals surface area contributed by atoms with Crippen LogP contribution < -0.4 is 14.8 Å². The van der Waals surface area contributed by atoms with Crippen LogP contribution in [-0.4, -0.2) is 35.2 Å². The van der Waals surface area contributed by atoms with E-state index >= 15 is 0 Å². The molecule has 0 radical (unpaired) electrons. The van der Waals surface area contributed by atoms with Gasteiger partial charge < -0.3 is 14.8 Å². The lowest BCUT2D eigenvalue weighted by Crippen LogP contribution is -2.22. The molecule has 1 aliphatic heterocycles. The Labute approximate surface area is 174 Å². The first kappa shape index (κ1) is 19.4. The maximum Gasteiger partial charge on any atom is 0.238 e. The van der Waals surface area contributed by atoms with E-state index in [4.69, 9.17) is 14.6 Å². The molecule has 0 spiro atoms. The van der Waals surface area contributed by atoms with Gasteiger partial charge in [0.25, 0.3) is 0 Å². The summed E-state index contributed by atoms with van der Waals surface area (Å²) in [5, 5.41) is 7.55. The molecule has 0 aliphatic carbocycles. The average Bonchev–Trinajstić information content (AvgIpc) is 3.00. The standard InChI is InChI=1S/C22H23N3O3S/c1-13-19-20(17-7-5-6-8-18(17)28-4)29-14(2)22(26)23-21(19)25(24-13)15-9-11-16(27-3)12-10-15/h5-12,14,20H,1-4H3,(H,23,26)/t14-,20-/m0/s1. The molecule has 0 saturated heterocycles. The van der Waals surface area contributed by atoms with Gasteiger partial charge in [-0.15, -0.1) is 11.8 Å². The SMILES string of the molecule is COc1ccc(-n2nc(C)c3c2NC(=O)[C@H](C)S[C@H]3c2ccccc2OC)cc1. The third-order valence-corrected chi connectivity index (χ3v) is 6.44. The maximum absolute atomic E-state index is 12.8. The van der Waals surface area contributed by atoms with Crippen LogP contribution in [0.25, 0.3) is 5.69 Å². The summed E-state index contributed by atoms with van der Waals surface area (Å²) < 4.78 is 12.7. The quantitative estimate of drug-likeness (QED) is 0.694. The average molecular weight is 410 g/mol. The van der Waals surface area contributed by atoms with Gasteiger partial charge in [0, 0.05) is 11.1 Å². The number of hydrogen-bond acceptors (Lipinski definition) is 5. The van der Waals surface area contributed by atoms with Crippen LogP contribution in [0.5, 0.6) is 11.5 Å². The van der Waals surface area contributed by atoms with Crippen molar-refractivity contribution in [1.29, 1.82) is 0 Å². The van der Waals surface area contributed by atoms with Gasteiger partial charge in [-0.05, 0) is 44.2 Å². The number of aromatic nitrogens is 2. The van der Waals surface area contributed by atoms with Crippen LogP contribution >= 0.6 is 11.8 Å². The third-order valence-electron chi connectivity index (χ3n) is 5.06. The molecular formula is C22H23N3O3S. The molecule has 150 valence electrons. The Kier molecular flexibility index (Phi) is 5.24. The Morgan fingerprint density at radius 3 is 2.48 bits per heavy atom. The van der Waals surface area contributed by atoms with Gasteiger partial charge in [-0.25, -0.2) is 4.68 Å². The van der Waals surface area contributed by atoms with Gasteiger partial charge in [-0.3, -0.25) is 4.79 Å². The molecule has 0 fully saturated rings. The Bertz CT molecular complexity index is 1050. The number of methoxy groups -OCH3 is 2. The van der Waals surface area contributed by atoms with E-state index in [0.29, 0.717) is 5.82 Å². The highest BCUT2D eigenvalue weighted by Crippen LogP contribution is 2.48. The first-order chi connectivity index (χ1) is 14.0. The molecule has 0 saturated carbocycles. The van der Waals surface area contributed by atoms with Gasteiger partial charge >= 0.3 is 0 Å². The number of carbonyl (C=O) groups excluding carboxylic acids is 1. The summed E-state index contributed by atoms with van der Waals surface area (Å²) in [5.74, 6) is 2.23. The zero-order chi connectivity index (χ0) is 20.5. The number of amides is 1. The van der Waals surface area contributed by atoms with Gasteiger partial charge in [0.15, 0.2) is 0 Å². The van der Waals surface area contributed by atoms with Crippen molar-refractivity contribution in [3.63, 3.8) is 0 Å². The second-order valence-electron chi connectivity index (χ2n) is 6.85. The van der Waals surface area contributed by atoms with E-state index in [1.807, 2.05) is 62.4 Å². The Hall–Kier alpha value is -2.93. The van der Waals surface area contributed by atoms with Crippen LogP contribution in [0.15, 0.2) is 48.5 Å². The number of nitrogens with zero attached hydrogens (tertiary/aromatic N) is 2. The summed E-state index contributed by atoms with van der Waals surface area (Å²) >= 11 is 1.60. The van der Waals surface area contributed by atoms with Crippen molar-refractivity contribution in [1.82, 2.24) is 9.78 Å². The first-order valence-electron chi connectivity index (χ1n) is 9.36. The van der Waals surface area contributed by atoms with Crippen LogP contribution in [0.4, 0.5) is 5.82 Å². The highest BCUT2D eigenvalue weighted by molar-refractivity contribution is 8.01. The minimum absolute atomic E-state index is 0.0386. The van der Waals surface area contributed by atoms with Gasteiger partial charge in [-0.1, -0.05) is 18.2 Å². The molecular weight excluding hydrogens is 386 g/mol. The molecule has 6 nitrogen and oxygen atoms in total. The molecule has 0 unspecified atom stereocenters. The molecule has 1 N–H and O–H groups in total. The van der Waals surface area contributed by atoms with Crippen molar-refractivity contribution in [2.45, 2.75) is 24.3 Å². The molecule has 2 atom stereocenters. The lowest BCUT2D eigenvalue weighted by atomic mass is 10.0. The number of aryl methyl sites for hydroxylation is 1. The van der Waals surface area contributed by atoms with E-state index in [1.54, 1.807) is 30.7 Å². The molecule has 2 aromatic carbocycles. The third kappa shape index (κ3) is 3.46. The van der Waals surface area contributed by atoms with E-state index < -0.39 is 0 Å². The van der Waals surface area contributed by atoms with Gasteiger partial charge in [0.05, 0.1) is 36.1 Å². The van der Waals surface area contributed by atoms with E-state index in [2.05, 4.69) is 5.32 Å². The van der Waals surface area contributed by atoms with Gasteiger partial charge in [-0.2, -0.15) is 5.10 Å². The van der Waals surface area contributed by atoms with Crippen molar-refractivity contribution in [3.8, 4) is 17.2 Å². The van der Waals surface area contributed by atoms with Gasteiger partial charge in [0.1, 0.15) is 17.3 Å². The molecule has 29 heavy (non-hydrogen) atoms. The Balaban J connectivity index is 1.90. The highest BCUT2D eigenvalue weighted by atomic mass is 32.2. The monoisotopic (exact) mass is 409 g/mol. The smallest absolute Gasteiger partial charge is 0.238 e. The number of anilines is 1. The number of carbonyl (C=O) groups is 1. The fourth-order valence-corrected chi connectivity index (χ4v) is 4.90. The normalized spacial score (nSPS) is 18.6. The number of benzene rings is 2. The fourth-order valence-electron chi connectivity index (χ4n) is 3.55. The number of ether oxygens (including phenoxy) is 2. The Morgan fingerprint density at radius 2 is 1.79 bits per heavy atom. The number of fused-ring (bicyclic) bond motifs is 1. The number of para-hydroxylation sites is 1. The molecule has 3 aromatic rings.